The van der Waals surface area contributed by atoms with E-state index in [1.807, 2.05) is 30.3 Å². The van der Waals surface area contributed by atoms with E-state index in [-0.39, 0.29) is 5.91 Å². The fraction of sp³-hybridized carbons (Fsp3) is 0.0476. The van der Waals surface area contributed by atoms with Crippen LogP contribution in [0, 0.1) is 0 Å². The quantitative estimate of drug-likeness (QED) is 0.579. The van der Waals surface area contributed by atoms with Crippen LogP contribution < -0.4 is 5.32 Å². The molecule has 0 fully saturated rings. The largest absolute Gasteiger partial charge is 0.348 e. The van der Waals surface area contributed by atoms with Crippen molar-refractivity contribution in [3.05, 3.63) is 89.5 Å². The van der Waals surface area contributed by atoms with Gasteiger partial charge in [0.15, 0.2) is 0 Å². The number of nitrogens with one attached hydrogen (secondary N) is 1. The number of amides is 1. The first kappa shape index (κ1) is 17.1. The van der Waals surface area contributed by atoms with Gasteiger partial charge in [0.1, 0.15) is 0 Å². The lowest BCUT2D eigenvalue weighted by atomic mass is 10.0. The maximum Gasteiger partial charge on any atom is 0.252 e. The molecular weight excluding hydrogens is 360 g/mol. The number of carbonyl (C=O) groups excluding carboxylic acids is 1. The molecule has 3 heterocycles. The van der Waals surface area contributed by atoms with Gasteiger partial charge in [0.05, 0.1) is 16.8 Å². The second-order valence-corrected chi connectivity index (χ2v) is 6.43. The first-order chi connectivity index (χ1) is 13.2. The molecule has 27 heavy (non-hydrogen) atoms. The molecule has 0 radical (unpaired) electrons. The van der Waals surface area contributed by atoms with Crippen LogP contribution in [-0.4, -0.2) is 20.9 Å². The first-order valence-electron chi connectivity index (χ1n) is 8.38. The summed E-state index contributed by atoms with van der Waals surface area (Å²) in [6.45, 7) is 0.413. The molecule has 6 heteroatoms. The molecule has 0 aliphatic carbocycles. The van der Waals surface area contributed by atoms with Gasteiger partial charge in [0.2, 0.25) is 0 Å². The van der Waals surface area contributed by atoms with Crippen molar-refractivity contribution in [1.82, 2.24) is 20.3 Å². The summed E-state index contributed by atoms with van der Waals surface area (Å²) in [7, 11) is 0. The van der Waals surface area contributed by atoms with Crippen LogP contribution in [0.4, 0.5) is 0 Å². The fourth-order valence-electron chi connectivity index (χ4n) is 2.83. The predicted octanol–water partition coefficient (Wildman–Crippen LogP) is 4.28. The highest BCUT2D eigenvalue weighted by atomic mass is 35.5. The van der Waals surface area contributed by atoms with E-state index < -0.39 is 0 Å². The number of hydrogen-bond donors (Lipinski definition) is 1. The van der Waals surface area contributed by atoms with Crippen LogP contribution in [0.15, 0.2) is 73.3 Å². The van der Waals surface area contributed by atoms with E-state index in [2.05, 4.69) is 20.3 Å². The first-order valence-corrected chi connectivity index (χ1v) is 8.76. The third-order valence-electron chi connectivity index (χ3n) is 4.19. The van der Waals surface area contributed by atoms with Crippen LogP contribution in [0.25, 0.3) is 22.2 Å². The zero-order chi connectivity index (χ0) is 18.6. The van der Waals surface area contributed by atoms with E-state index in [9.17, 15) is 4.79 Å². The molecule has 1 amide bonds. The number of rotatable bonds is 4. The summed E-state index contributed by atoms with van der Waals surface area (Å²) in [5, 5.41) is 4.23. The molecule has 0 aliphatic rings. The number of carbonyl (C=O) groups is 1. The van der Waals surface area contributed by atoms with Crippen molar-refractivity contribution in [3.63, 3.8) is 0 Å². The third-order valence-corrected chi connectivity index (χ3v) is 4.43. The summed E-state index contributed by atoms with van der Waals surface area (Å²) < 4.78 is 0. The highest BCUT2D eigenvalue weighted by molar-refractivity contribution is 6.31. The Balaban J connectivity index is 1.75. The minimum atomic E-state index is -0.184. The van der Waals surface area contributed by atoms with Crippen molar-refractivity contribution in [2.24, 2.45) is 0 Å². The van der Waals surface area contributed by atoms with E-state index in [4.69, 9.17) is 11.6 Å². The third kappa shape index (κ3) is 3.78. The maximum absolute atomic E-state index is 12.9. The van der Waals surface area contributed by atoms with E-state index in [0.29, 0.717) is 33.7 Å². The lowest BCUT2D eigenvalue weighted by molar-refractivity contribution is 0.0952. The molecule has 1 aromatic carbocycles. The van der Waals surface area contributed by atoms with Crippen LogP contribution in [-0.2, 0) is 6.54 Å². The Morgan fingerprint density at radius 2 is 1.63 bits per heavy atom. The number of aromatic nitrogens is 3. The zero-order valence-corrected chi connectivity index (χ0v) is 15.0. The summed E-state index contributed by atoms with van der Waals surface area (Å²) in [6.07, 6.45) is 6.80. The second kappa shape index (κ2) is 7.51. The topological polar surface area (TPSA) is 67.8 Å². The normalized spacial score (nSPS) is 10.7. The zero-order valence-electron chi connectivity index (χ0n) is 14.3. The van der Waals surface area contributed by atoms with Gasteiger partial charge in [-0.2, -0.15) is 0 Å². The Hall–Kier alpha value is -3.31. The molecular formula is C21H15ClN4O. The minimum Gasteiger partial charge on any atom is -0.348 e. The van der Waals surface area contributed by atoms with Gasteiger partial charge in [-0.3, -0.25) is 14.8 Å². The van der Waals surface area contributed by atoms with Gasteiger partial charge in [-0.25, -0.2) is 4.98 Å². The van der Waals surface area contributed by atoms with Crippen LogP contribution in [0.3, 0.4) is 0 Å². The molecule has 0 unspecified atom stereocenters. The molecule has 132 valence electrons. The Kier molecular flexibility index (Phi) is 4.77. The van der Waals surface area contributed by atoms with Crippen molar-refractivity contribution in [2.45, 2.75) is 6.54 Å². The molecule has 0 spiro atoms. The van der Waals surface area contributed by atoms with Gasteiger partial charge in [0, 0.05) is 47.3 Å². The SMILES string of the molecule is O=C(NCc1ccncc1)c1cc(-c2ccncc2)nc2ccc(Cl)cc12. The van der Waals surface area contributed by atoms with Gasteiger partial charge in [0.25, 0.3) is 5.91 Å². The lowest BCUT2D eigenvalue weighted by Gasteiger charge is -2.11. The summed E-state index contributed by atoms with van der Waals surface area (Å²) in [5.41, 5.74) is 3.82. The number of pyridine rings is 3. The Labute approximate surface area is 161 Å². The number of halogens is 1. The molecule has 4 aromatic rings. The fourth-order valence-corrected chi connectivity index (χ4v) is 3.01. The molecule has 0 atom stereocenters. The molecule has 1 N–H and O–H groups in total. The van der Waals surface area contributed by atoms with Crippen molar-refractivity contribution in [1.29, 1.82) is 0 Å². The van der Waals surface area contributed by atoms with Crippen LogP contribution in [0.1, 0.15) is 15.9 Å². The maximum atomic E-state index is 12.9. The van der Waals surface area contributed by atoms with Crippen molar-refractivity contribution in [3.8, 4) is 11.3 Å². The Morgan fingerprint density at radius 1 is 0.926 bits per heavy atom. The van der Waals surface area contributed by atoms with Gasteiger partial charge in [-0.15, -0.1) is 0 Å². The number of nitrogens with zero attached hydrogens (tertiary/aromatic N) is 3. The summed E-state index contributed by atoms with van der Waals surface area (Å²) in [6, 6.07) is 14.6. The molecule has 0 saturated carbocycles. The summed E-state index contributed by atoms with van der Waals surface area (Å²) in [5.74, 6) is -0.184. The van der Waals surface area contributed by atoms with E-state index in [1.165, 1.54) is 0 Å². The average Bonchev–Trinajstić information content (AvgIpc) is 2.72. The molecule has 4 rings (SSSR count). The van der Waals surface area contributed by atoms with Crippen molar-refractivity contribution in [2.75, 3.05) is 0 Å². The molecule has 0 saturated heterocycles. The van der Waals surface area contributed by atoms with Crippen LogP contribution in [0.5, 0.6) is 0 Å². The van der Waals surface area contributed by atoms with Gasteiger partial charge >= 0.3 is 0 Å². The van der Waals surface area contributed by atoms with Crippen LogP contribution in [0.2, 0.25) is 5.02 Å². The van der Waals surface area contributed by atoms with Gasteiger partial charge in [-0.1, -0.05) is 11.6 Å². The number of hydrogen-bond acceptors (Lipinski definition) is 4. The van der Waals surface area contributed by atoms with Gasteiger partial charge < -0.3 is 5.32 Å². The van der Waals surface area contributed by atoms with E-state index in [1.54, 1.807) is 43.0 Å². The Morgan fingerprint density at radius 3 is 2.37 bits per heavy atom. The van der Waals surface area contributed by atoms with E-state index in [0.717, 1.165) is 11.1 Å². The van der Waals surface area contributed by atoms with E-state index >= 15 is 0 Å². The molecule has 0 bridgehead atoms. The minimum absolute atomic E-state index is 0.184. The second-order valence-electron chi connectivity index (χ2n) is 5.99. The highest BCUT2D eigenvalue weighted by Gasteiger charge is 2.14. The monoisotopic (exact) mass is 374 g/mol. The Bertz CT molecular complexity index is 1100. The lowest BCUT2D eigenvalue weighted by Crippen LogP contribution is -2.23. The standard InChI is InChI=1S/C21H15ClN4O/c22-16-1-2-19-17(11-16)18(12-20(26-19)15-5-9-24-10-6-15)21(27)25-13-14-3-7-23-8-4-14/h1-12H,13H2,(H,25,27). The molecule has 5 nitrogen and oxygen atoms in total. The smallest absolute Gasteiger partial charge is 0.252 e. The van der Waals surface area contributed by atoms with Crippen molar-refractivity contribution >= 4 is 28.4 Å². The van der Waals surface area contributed by atoms with Crippen LogP contribution >= 0.6 is 11.6 Å². The summed E-state index contributed by atoms with van der Waals surface area (Å²) in [4.78, 5) is 25.6. The number of benzene rings is 1. The average molecular weight is 375 g/mol. The number of fused-ring (bicyclic) bond motifs is 1. The highest BCUT2D eigenvalue weighted by Crippen LogP contribution is 2.27. The summed E-state index contributed by atoms with van der Waals surface area (Å²) >= 11 is 6.15. The van der Waals surface area contributed by atoms with Gasteiger partial charge in [-0.05, 0) is 54.1 Å². The molecule has 3 aromatic heterocycles. The molecule has 0 aliphatic heterocycles. The van der Waals surface area contributed by atoms with Crippen molar-refractivity contribution < 1.29 is 4.79 Å². The predicted molar refractivity (Wildman–Crippen MR) is 105 cm³/mol.